The molecule has 1 N–H and O–H groups in total. The summed E-state index contributed by atoms with van der Waals surface area (Å²) >= 11 is 0. The third-order valence-corrected chi connectivity index (χ3v) is 3.63. The van der Waals surface area contributed by atoms with Gasteiger partial charge in [-0.05, 0) is 25.3 Å². The Morgan fingerprint density at radius 3 is 3.15 bits per heavy atom. The minimum atomic E-state index is -0.174. The lowest BCUT2D eigenvalue weighted by molar-refractivity contribution is -0.156. The van der Waals surface area contributed by atoms with E-state index in [0.29, 0.717) is 5.92 Å². The molecule has 1 saturated carbocycles. The highest BCUT2D eigenvalue weighted by Crippen LogP contribution is 2.44. The predicted molar refractivity (Wildman–Crippen MR) is 49.3 cm³/mol. The lowest BCUT2D eigenvalue weighted by atomic mass is 9.68. The SMILES string of the molecule is COC(=O)[C@]12CCCC[C@@H]1CNC2. The molecule has 0 amide bonds. The van der Waals surface area contributed by atoms with Gasteiger partial charge in [-0.15, -0.1) is 0 Å². The molecule has 2 fully saturated rings. The summed E-state index contributed by atoms with van der Waals surface area (Å²) in [5.74, 6) is 0.524. The molecule has 13 heavy (non-hydrogen) atoms. The van der Waals surface area contributed by atoms with Gasteiger partial charge in [-0.25, -0.2) is 0 Å². The molecule has 0 aromatic heterocycles. The molecule has 0 radical (unpaired) electrons. The van der Waals surface area contributed by atoms with Crippen LogP contribution in [0.15, 0.2) is 0 Å². The van der Waals surface area contributed by atoms with Crippen LogP contribution in [0.1, 0.15) is 25.7 Å². The van der Waals surface area contributed by atoms with Gasteiger partial charge < -0.3 is 10.1 Å². The van der Waals surface area contributed by atoms with Crippen molar-refractivity contribution in [2.24, 2.45) is 11.3 Å². The summed E-state index contributed by atoms with van der Waals surface area (Å²) in [5, 5.41) is 3.32. The second-order valence-corrected chi connectivity index (χ2v) is 4.22. The number of ether oxygens (including phenoxy) is 1. The van der Waals surface area contributed by atoms with Gasteiger partial charge in [-0.1, -0.05) is 12.8 Å². The highest BCUT2D eigenvalue weighted by atomic mass is 16.5. The Hall–Kier alpha value is -0.570. The van der Waals surface area contributed by atoms with Gasteiger partial charge in [0.2, 0.25) is 0 Å². The van der Waals surface area contributed by atoms with E-state index in [1.54, 1.807) is 0 Å². The zero-order chi connectivity index (χ0) is 9.31. The van der Waals surface area contributed by atoms with E-state index < -0.39 is 0 Å². The summed E-state index contributed by atoms with van der Waals surface area (Å²) in [6.45, 7) is 1.82. The summed E-state index contributed by atoms with van der Waals surface area (Å²) in [7, 11) is 1.50. The second-order valence-electron chi connectivity index (χ2n) is 4.22. The van der Waals surface area contributed by atoms with Gasteiger partial charge >= 0.3 is 5.97 Å². The first-order valence-electron chi connectivity index (χ1n) is 5.09. The van der Waals surface area contributed by atoms with Crippen LogP contribution in [0.2, 0.25) is 0 Å². The first-order chi connectivity index (χ1) is 6.29. The van der Waals surface area contributed by atoms with E-state index >= 15 is 0 Å². The van der Waals surface area contributed by atoms with E-state index in [-0.39, 0.29) is 11.4 Å². The minimum absolute atomic E-state index is 0.00204. The maximum absolute atomic E-state index is 11.7. The molecule has 1 aliphatic heterocycles. The van der Waals surface area contributed by atoms with Crippen molar-refractivity contribution in [1.29, 1.82) is 0 Å². The average Bonchev–Trinajstić information content (AvgIpc) is 2.61. The Balaban J connectivity index is 2.20. The van der Waals surface area contributed by atoms with E-state index in [0.717, 1.165) is 19.5 Å². The van der Waals surface area contributed by atoms with Crippen LogP contribution >= 0.6 is 0 Å². The second kappa shape index (κ2) is 3.29. The van der Waals surface area contributed by atoms with E-state index in [1.807, 2.05) is 0 Å². The van der Waals surface area contributed by atoms with E-state index in [1.165, 1.54) is 26.4 Å². The minimum Gasteiger partial charge on any atom is -0.469 e. The van der Waals surface area contributed by atoms with Crippen molar-refractivity contribution in [3.63, 3.8) is 0 Å². The number of hydrogen-bond acceptors (Lipinski definition) is 3. The smallest absolute Gasteiger partial charge is 0.313 e. The first kappa shape index (κ1) is 9.00. The van der Waals surface area contributed by atoms with Gasteiger partial charge in [0.1, 0.15) is 0 Å². The predicted octanol–water partition coefficient (Wildman–Crippen LogP) is 0.939. The highest BCUT2D eigenvalue weighted by Gasteiger charge is 2.50. The van der Waals surface area contributed by atoms with Crippen LogP contribution in [0.4, 0.5) is 0 Å². The molecular weight excluding hydrogens is 166 g/mol. The molecule has 2 aliphatic rings. The fraction of sp³-hybridized carbons (Fsp3) is 0.900. The topological polar surface area (TPSA) is 38.3 Å². The Labute approximate surface area is 78.8 Å². The fourth-order valence-electron chi connectivity index (χ4n) is 2.86. The van der Waals surface area contributed by atoms with Gasteiger partial charge in [-0.3, -0.25) is 4.79 Å². The van der Waals surface area contributed by atoms with E-state index in [9.17, 15) is 4.79 Å². The molecule has 1 saturated heterocycles. The molecule has 0 unspecified atom stereocenters. The quantitative estimate of drug-likeness (QED) is 0.615. The van der Waals surface area contributed by atoms with Crippen LogP contribution in [-0.4, -0.2) is 26.2 Å². The number of carbonyl (C=O) groups is 1. The van der Waals surface area contributed by atoms with Crippen molar-refractivity contribution in [2.45, 2.75) is 25.7 Å². The zero-order valence-electron chi connectivity index (χ0n) is 8.14. The number of esters is 1. The molecule has 0 aromatic rings. The summed E-state index contributed by atoms with van der Waals surface area (Å²) in [6.07, 6.45) is 4.64. The van der Waals surface area contributed by atoms with Crippen LogP contribution in [0.5, 0.6) is 0 Å². The van der Waals surface area contributed by atoms with Crippen LogP contribution < -0.4 is 5.32 Å². The maximum Gasteiger partial charge on any atom is 0.313 e. The molecule has 2 rings (SSSR count). The standard InChI is InChI=1S/C10H17NO2/c1-13-9(12)10-5-3-2-4-8(10)6-11-7-10/h8,11H,2-7H2,1H3/t8-,10+/m1/s1. The molecular formula is C10H17NO2. The van der Waals surface area contributed by atoms with Crippen LogP contribution in [0.3, 0.4) is 0 Å². The third-order valence-electron chi connectivity index (χ3n) is 3.63. The van der Waals surface area contributed by atoms with Crippen molar-refractivity contribution in [3.8, 4) is 0 Å². The van der Waals surface area contributed by atoms with Crippen molar-refractivity contribution < 1.29 is 9.53 Å². The Morgan fingerprint density at radius 2 is 2.38 bits per heavy atom. The summed E-state index contributed by atoms with van der Waals surface area (Å²) in [6, 6.07) is 0. The summed E-state index contributed by atoms with van der Waals surface area (Å²) in [4.78, 5) is 11.7. The number of nitrogens with one attached hydrogen (secondary N) is 1. The number of carbonyl (C=O) groups excluding carboxylic acids is 1. The van der Waals surface area contributed by atoms with Crippen molar-refractivity contribution in [3.05, 3.63) is 0 Å². The summed E-state index contributed by atoms with van der Waals surface area (Å²) < 4.78 is 4.92. The molecule has 3 heteroatoms. The van der Waals surface area contributed by atoms with E-state index in [2.05, 4.69) is 5.32 Å². The lowest BCUT2D eigenvalue weighted by Gasteiger charge is -2.35. The number of fused-ring (bicyclic) bond motifs is 1. The highest BCUT2D eigenvalue weighted by molar-refractivity contribution is 5.78. The van der Waals surface area contributed by atoms with Crippen molar-refractivity contribution in [1.82, 2.24) is 5.32 Å². The normalized spacial score (nSPS) is 38.4. The maximum atomic E-state index is 11.7. The average molecular weight is 183 g/mol. The molecule has 1 aliphatic carbocycles. The Morgan fingerprint density at radius 1 is 1.54 bits per heavy atom. The van der Waals surface area contributed by atoms with Gasteiger partial charge in [-0.2, -0.15) is 0 Å². The fourth-order valence-corrected chi connectivity index (χ4v) is 2.86. The van der Waals surface area contributed by atoms with Gasteiger partial charge in [0.25, 0.3) is 0 Å². The van der Waals surface area contributed by atoms with E-state index in [4.69, 9.17) is 4.74 Å². The molecule has 2 atom stereocenters. The lowest BCUT2D eigenvalue weighted by Crippen LogP contribution is -2.41. The van der Waals surface area contributed by atoms with Gasteiger partial charge in [0, 0.05) is 6.54 Å². The molecule has 3 nitrogen and oxygen atoms in total. The number of rotatable bonds is 1. The van der Waals surface area contributed by atoms with Crippen molar-refractivity contribution in [2.75, 3.05) is 20.2 Å². The van der Waals surface area contributed by atoms with Crippen LogP contribution in [-0.2, 0) is 9.53 Å². The number of hydrogen-bond donors (Lipinski definition) is 1. The Bertz CT molecular complexity index is 217. The largest absolute Gasteiger partial charge is 0.469 e. The first-order valence-corrected chi connectivity index (χ1v) is 5.09. The number of methoxy groups -OCH3 is 1. The third kappa shape index (κ3) is 1.26. The van der Waals surface area contributed by atoms with Crippen molar-refractivity contribution >= 4 is 5.97 Å². The van der Waals surface area contributed by atoms with Gasteiger partial charge in [0.05, 0.1) is 12.5 Å². The molecule has 0 spiro atoms. The molecule has 0 aromatic carbocycles. The van der Waals surface area contributed by atoms with Crippen LogP contribution in [0, 0.1) is 11.3 Å². The molecule has 1 heterocycles. The molecule has 0 bridgehead atoms. The summed E-state index contributed by atoms with van der Waals surface area (Å²) in [5.41, 5.74) is -0.174. The zero-order valence-corrected chi connectivity index (χ0v) is 8.14. The monoisotopic (exact) mass is 183 g/mol. The molecule has 74 valence electrons. The Kier molecular flexibility index (Phi) is 2.28. The van der Waals surface area contributed by atoms with Crippen LogP contribution in [0.25, 0.3) is 0 Å². The van der Waals surface area contributed by atoms with Gasteiger partial charge in [0.15, 0.2) is 0 Å².